The van der Waals surface area contributed by atoms with Gasteiger partial charge in [0.15, 0.2) is 0 Å². The molecule has 0 fully saturated rings. The fraction of sp³-hybridized carbons (Fsp3) is 0.500. The molecule has 1 atom stereocenters. The van der Waals surface area contributed by atoms with Gasteiger partial charge in [0.1, 0.15) is 4.90 Å². The first-order chi connectivity index (χ1) is 8.40. The van der Waals surface area contributed by atoms with E-state index in [-0.39, 0.29) is 10.6 Å². The Morgan fingerprint density at radius 2 is 2.06 bits per heavy atom. The highest BCUT2D eigenvalue weighted by atomic mass is 32.2. The molecule has 1 unspecified atom stereocenters. The van der Waals surface area contributed by atoms with Gasteiger partial charge < -0.3 is 11.1 Å². The summed E-state index contributed by atoms with van der Waals surface area (Å²) >= 11 is 0. The van der Waals surface area contributed by atoms with E-state index in [1.807, 2.05) is 0 Å². The molecule has 0 aliphatic carbocycles. The van der Waals surface area contributed by atoms with Crippen molar-refractivity contribution in [3.63, 3.8) is 0 Å². The molecule has 0 radical (unpaired) electrons. The molecule has 0 aliphatic rings. The highest BCUT2D eigenvalue weighted by molar-refractivity contribution is 7.89. The second-order valence-electron chi connectivity index (χ2n) is 4.29. The van der Waals surface area contributed by atoms with Gasteiger partial charge in [-0.15, -0.1) is 0 Å². The maximum Gasteiger partial charge on any atom is 0.242 e. The van der Waals surface area contributed by atoms with Crippen LogP contribution in [-0.2, 0) is 10.0 Å². The van der Waals surface area contributed by atoms with Crippen molar-refractivity contribution in [2.24, 2.45) is 0 Å². The third-order valence-corrected chi connectivity index (χ3v) is 4.19. The molecule has 5 nitrogen and oxygen atoms in total. The Kier molecular flexibility index (Phi) is 4.98. The highest BCUT2D eigenvalue weighted by Crippen LogP contribution is 2.23. The number of nitrogen functional groups attached to an aromatic ring is 1. The second kappa shape index (κ2) is 6.06. The van der Waals surface area contributed by atoms with Gasteiger partial charge in [0, 0.05) is 11.7 Å². The number of benzene rings is 1. The van der Waals surface area contributed by atoms with Crippen LogP contribution in [0.25, 0.3) is 0 Å². The average molecular weight is 271 g/mol. The summed E-state index contributed by atoms with van der Waals surface area (Å²) in [5, 5.41) is 3.29. The third kappa shape index (κ3) is 3.61. The topological polar surface area (TPSA) is 84.2 Å². The molecule has 0 bridgehead atoms. The summed E-state index contributed by atoms with van der Waals surface area (Å²) in [4.78, 5) is 0.110. The van der Waals surface area contributed by atoms with E-state index in [4.69, 9.17) is 5.73 Å². The number of nitrogens with one attached hydrogen (secondary N) is 2. The van der Waals surface area contributed by atoms with Crippen molar-refractivity contribution in [3.8, 4) is 0 Å². The molecule has 102 valence electrons. The standard InChI is InChI=1S/C12H21N3O2S/c1-4-5-9(2)15-10-6-7-12(11(13)8-10)18(16,17)14-3/h6-9,14-15H,4-5,13H2,1-3H3. The van der Waals surface area contributed by atoms with Gasteiger partial charge in [0.05, 0.1) is 5.69 Å². The molecule has 4 N–H and O–H groups in total. The van der Waals surface area contributed by atoms with Crippen LogP contribution in [0.2, 0.25) is 0 Å². The summed E-state index contributed by atoms with van der Waals surface area (Å²) in [7, 11) is -2.12. The summed E-state index contributed by atoms with van der Waals surface area (Å²) in [6.45, 7) is 4.20. The molecule has 0 saturated heterocycles. The van der Waals surface area contributed by atoms with Crippen molar-refractivity contribution in [3.05, 3.63) is 18.2 Å². The van der Waals surface area contributed by atoms with Gasteiger partial charge in [-0.2, -0.15) is 0 Å². The zero-order valence-corrected chi connectivity index (χ0v) is 11.8. The minimum atomic E-state index is -3.49. The van der Waals surface area contributed by atoms with Crippen LogP contribution in [0.15, 0.2) is 23.1 Å². The first-order valence-corrected chi connectivity index (χ1v) is 7.48. The van der Waals surface area contributed by atoms with Crippen LogP contribution < -0.4 is 15.8 Å². The molecule has 1 aromatic carbocycles. The maximum atomic E-state index is 11.6. The van der Waals surface area contributed by atoms with E-state index in [0.29, 0.717) is 6.04 Å². The monoisotopic (exact) mass is 271 g/mol. The zero-order chi connectivity index (χ0) is 13.8. The van der Waals surface area contributed by atoms with Crippen molar-refractivity contribution in [1.29, 1.82) is 0 Å². The van der Waals surface area contributed by atoms with Crippen LogP contribution in [0.4, 0.5) is 11.4 Å². The van der Waals surface area contributed by atoms with Gasteiger partial charge in [0.25, 0.3) is 0 Å². The van der Waals surface area contributed by atoms with E-state index < -0.39 is 10.0 Å². The molecule has 0 amide bonds. The highest BCUT2D eigenvalue weighted by Gasteiger charge is 2.15. The predicted octanol–water partition coefficient (Wildman–Crippen LogP) is 1.78. The van der Waals surface area contributed by atoms with Crippen LogP contribution in [-0.4, -0.2) is 21.5 Å². The average Bonchev–Trinajstić information content (AvgIpc) is 2.29. The Labute approximate surface area is 109 Å². The molecule has 0 aromatic heterocycles. The minimum Gasteiger partial charge on any atom is -0.398 e. The second-order valence-corrected chi connectivity index (χ2v) is 6.15. The summed E-state index contributed by atoms with van der Waals surface area (Å²) in [5.41, 5.74) is 6.86. The molecule has 18 heavy (non-hydrogen) atoms. The van der Waals surface area contributed by atoms with Gasteiger partial charge in [0.2, 0.25) is 10.0 Å². The Morgan fingerprint density at radius 3 is 2.56 bits per heavy atom. The lowest BCUT2D eigenvalue weighted by molar-refractivity contribution is 0.588. The zero-order valence-electron chi connectivity index (χ0n) is 11.0. The molecule has 0 saturated carbocycles. The number of sulfonamides is 1. The molecule has 0 spiro atoms. The summed E-state index contributed by atoms with van der Waals surface area (Å²) < 4.78 is 25.5. The van der Waals surface area contributed by atoms with E-state index in [1.165, 1.54) is 13.1 Å². The number of nitrogens with two attached hydrogens (primary N) is 1. The lowest BCUT2D eigenvalue weighted by atomic mass is 10.2. The van der Waals surface area contributed by atoms with Gasteiger partial charge in [-0.3, -0.25) is 0 Å². The minimum absolute atomic E-state index is 0.110. The van der Waals surface area contributed by atoms with Crippen molar-refractivity contribution >= 4 is 21.4 Å². The van der Waals surface area contributed by atoms with Crippen LogP contribution in [0.5, 0.6) is 0 Å². The van der Waals surface area contributed by atoms with E-state index in [9.17, 15) is 8.42 Å². The van der Waals surface area contributed by atoms with Crippen molar-refractivity contribution in [2.75, 3.05) is 18.1 Å². The quantitative estimate of drug-likeness (QED) is 0.689. The summed E-state index contributed by atoms with van der Waals surface area (Å²) in [5.74, 6) is 0. The van der Waals surface area contributed by atoms with E-state index in [0.717, 1.165) is 18.5 Å². The molecular formula is C12H21N3O2S. The van der Waals surface area contributed by atoms with Gasteiger partial charge >= 0.3 is 0 Å². The molecule has 0 aliphatic heterocycles. The van der Waals surface area contributed by atoms with Crippen LogP contribution in [0.3, 0.4) is 0 Å². The first-order valence-electron chi connectivity index (χ1n) is 6.00. The SMILES string of the molecule is CCCC(C)Nc1ccc(S(=O)(=O)NC)c(N)c1. The van der Waals surface area contributed by atoms with Crippen molar-refractivity contribution in [1.82, 2.24) is 4.72 Å². The number of hydrogen-bond acceptors (Lipinski definition) is 4. The fourth-order valence-corrected chi connectivity index (χ4v) is 2.62. The lowest BCUT2D eigenvalue weighted by Gasteiger charge is -2.15. The number of anilines is 2. The maximum absolute atomic E-state index is 11.6. The Hall–Kier alpha value is -1.27. The lowest BCUT2D eigenvalue weighted by Crippen LogP contribution is -2.20. The normalized spacial score (nSPS) is 13.3. The van der Waals surface area contributed by atoms with Gasteiger partial charge in [-0.05, 0) is 38.6 Å². The molecule has 1 aromatic rings. The molecule has 6 heteroatoms. The molecule has 1 rings (SSSR count). The number of rotatable bonds is 6. The number of hydrogen-bond donors (Lipinski definition) is 3. The Balaban J connectivity index is 2.93. The molecule has 0 heterocycles. The van der Waals surface area contributed by atoms with Crippen LogP contribution in [0.1, 0.15) is 26.7 Å². The summed E-state index contributed by atoms with van der Waals surface area (Å²) in [6, 6.07) is 5.23. The fourth-order valence-electron chi connectivity index (χ4n) is 1.78. The van der Waals surface area contributed by atoms with Crippen LogP contribution in [0, 0.1) is 0 Å². The largest absolute Gasteiger partial charge is 0.398 e. The van der Waals surface area contributed by atoms with Gasteiger partial charge in [-0.1, -0.05) is 13.3 Å². The van der Waals surface area contributed by atoms with E-state index >= 15 is 0 Å². The van der Waals surface area contributed by atoms with Crippen molar-refractivity contribution < 1.29 is 8.42 Å². The smallest absolute Gasteiger partial charge is 0.242 e. The Morgan fingerprint density at radius 1 is 1.39 bits per heavy atom. The first kappa shape index (κ1) is 14.8. The van der Waals surface area contributed by atoms with E-state index in [2.05, 4.69) is 23.9 Å². The predicted molar refractivity (Wildman–Crippen MR) is 75.1 cm³/mol. The van der Waals surface area contributed by atoms with Crippen LogP contribution >= 0.6 is 0 Å². The van der Waals surface area contributed by atoms with Crippen molar-refractivity contribution in [2.45, 2.75) is 37.6 Å². The summed E-state index contributed by atoms with van der Waals surface area (Å²) in [6.07, 6.45) is 2.15. The molecular weight excluding hydrogens is 250 g/mol. The van der Waals surface area contributed by atoms with Gasteiger partial charge in [-0.25, -0.2) is 13.1 Å². The Bertz CT molecular complexity index is 500. The van der Waals surface area contributed by atoms with E-state index in [1.54, 1.807) is 12.1 Å². The third-order valence-electron chi connectivity index (χ3n) is 2.70.